The Morgan fingerprint density at radius 2 is 0.833 bits per heavy atom. The standard InChI is InChI=1S/2O3Si.2O.Pb.U/c2*1-4(2)3;;;;/q2*-2;;;2*+2. The van der Waals surface area contributed by atoms with E-state index in [1.165, 1.54) is 0 Å². The van der Waals surface area contributed by atoms with Crippen LogP contribution in [0.5, 0.6) is 0 Å². The van der Waals surface area contributed by atoms with Crippen molar-refractivity contribution in [2.24, 2.45) is 0 Å². The van der Waals surface area contributed by atoms with Crippen molar-refractivity contribution in [1.82, 2.24) is 0 Å². The zero-order valence-corrected chi connectivity index (χ0v) is 15.3. The van der Waals surface area contributed by atoms with E-state index in [-0.39, 0.29) is 27.3 Å². The van der Waals surface area contributed by atoms with E-state index < -0.39 is 46.2 Å². The molecule has 0 rings (SSSR count). The molecule has 2 radical (unpaired) electrons. The summed E-state index contributed by atoms with van der Waals surface area (Å²) in [7, 11) is -7.26. The van der Waals surface area contributed by atoms with Gasteiger partial charge >= 0.3 is 59.6 Å². The molecule has 0 N–H and O–H groups in total. The summed E-state index contributed by atoms with van der Waals surface area (Å²) in [6.45, 7) is 0. The Labute approximate surface area is 105 Å². The second-order valence-electron chi connectivity index (χ2n) is 0.583. The maximum Gasteiger partial charge on any atom is 2.00 e. The molecule has 0 aromatic heterocycles. The van der Waals surface area contributed by atoms with Crippen LogP contribution in [0.3, 0.4) is 0 Å². The molecule has 0 atom stereocenters. The Hall–Kier alpha value is 0.808. The maximum absolute atomic E-state index is 8.58. The van der Waals surface area contributed by atoms with Crippen LogP contribution < -0.4 is 19.2 Å². The van der Waals surface area contributed by atoms with Gasteiger partial charge in [0.1, 0.15) is 0 Å². The average Bonchev–Trinajstić information content (AvgIpc) is 1.60. The normalized spacial score (nSPS) is 4.67. The van der Waals surface area contributed by atoms with E-state index in [0.717, 1.165) is 0 Å². The molecule has 0 aliphatic heterocycles. The minimum absolute atomic E-state index is 0. The fourth-order valence-corrected chi connectivity index (χ4v) is 0. The van der Waals surface area contributed by atoms with Crippen LogP contribution in [-0.2, 0) is 13.4 Å². The summed E-state index contributed by atoms with van der Waals surface area (Å²) >= 11 is -2.51. The molecule has 12 heteroatoms. The summed E-state index contributed by atoms with van der Waals surface area (Å²) in [6, 6.07) is 0. The molecule has 0 aromatic rings. The number of hydrogen-bond acceptors (Lipinski definition) is 8. The van der Waals surface area contributed by atoms with E-state index in [1.807, 2.05) is 0 Å². The smallest absolute Gasteiger partial charge is 2.00 e. The zero-order valence-electron chi connectivity index (χ0n) is 5.27. The van der Waals surface area contributed by atoms with Crippen molar-refractivity contribution in [1.29, 1.82) is 0 Å². The van der Waals surface area contributed by atoms with Crippen LogP contribution >= 0.6 is 0 Å². The monoisotopic (exact) mass is 630 g/mol. The first-order chi connectivity index (χ1) is 4.88. The van der Waals surface area contributed by atoms with Gasteiger partial charge in [-0.15, -0.1) is 0 Å². The van der Waals surface area contributed by atoms with Crippen LogP contribution in [0.2, 0.25) is 0 Å². The summed E-state index contributed by atoms with van der Waals surface area (Å²) in [5.41, 5.74) is 0. The second kappa shape index (κ2) is 22.6. The molecule has 0 aliphatic carbocycles. The van der Waals surface area contributed by atoms with Crippen molar-refractivity contribution in [3.05, 3.63) is 0 Å². The average molecular weight is 629 g/mol. The van der Waals surface area contributed by atoms with Gasteiger partial charge in [-0.1, -0.05) is 0 Å². The molecule has 64 valence electrons. The van der Waals surface area contributed by atoms with Gasteiger partial charge < -0.3 is 28.1 Å². The van der Waals surface area contributed by atoms with Crippen molar-refractivity contribution >= 4 is 45.6 Å². The fourth-order valence-electron chi connectivity index (χ4n) is 0. The van der Waals surface area contributed by atoms with E-state index in [0.29, 0.717) is 0 Å². The summed E-state index contributed by atoms with van der Waals surface area (Å²) in [4.78, 5) is 34.1. The van der Waals surface area contributed by atoms with Crippen LogP contribution in [0.25, 0.3) is 0 Å². The van der Waals surface area contributed by atoms with Crippen LogP contribution in [-0.4, -0.2) is 45.6 Å². The minimum Gasteiger partial charge on any atom is 2.00 e. The fraction of sp³-hybridized carbons (Fsp3) is 0. The van der Waals surface area contributed by atoms with Gasteiger partial charge in [-0.25, -0.2) is 0 Å². The van der Waals surface area contributed by atoms with Gasteiger partial charge in [-0.2, -0.15) is 0 Å². The first-order valence-electron chi connectivity index (χ1n) is 1.63. The SMILES string of the molecule is O=[Si]([O-])[O-].O=[Si]([O-])[O-].[O]=[U+2]=[O].[Pb+2]. The van der Waals surface area contributed by atoms with Crippen molar-refractivity contribution < 1.29 is 60.4 Å². The molecule has 0 aliphatic rings. The summed E-state index contributed by atoms with van der Waals surface area (Å²) in [6.07, 6.45) is 0. The van der Waals surface area contributed by atoms with Crippen molar-refractivity contribution in [2.75, 3.05) is 0 Å². The molecule has 0 spiro atoms. The third kappa shape index (κ3) is 1590. The first-order valence-corrected chi connectivity index (χ1v) is 7.48. The third-order valence-electron chi connectivity index (χ3n) is 0. The molecule has 0 fully saturated rings. The molecule has 12 heavy (non-hydrogen) atoms. The largest absolute Gasteiger partial charge is 2.00 e. The van der Waals surface area contributed by atoms with E-state index in [9.17, 15) is 0 Å². The molecule has 0 amide bonds. The molecule has 0 unspecified atom stereocenters. The van der Waals surface area contributed by atoms with Gasteiger partial charge in [0, 0.05) is 18.3 Å². The van der Waals surface area contributed by atoms with Gasteiger partial charge in [0.05, 0.1) is 0 Å². The van der Waals surface area contributed by atoms with Gasteiger partial charge in [-0.3, -0.25) is 0 Å². The van der Waals surface area contributed by atoms with E-state index in [2.05, 4.69) is 0 Å². The Morgan fingerprint density at radius 3 is 0.833 bits per heavy atom. The molecule has 0 saturated carbocycles. The van der Waals surface area contributed by atoms with E-state index >= 15 is 0 Å². The van der Waals surface area contributed by atoms with Crippen molar-refractivity contribution in [3.63, 3.8) is 0 Å². The van der Waals surface area contributed by atoms with Crippen LogP contribution in [0.1, 0.15) is 0 Å². The van der Waals surface area contributed by atoms with Gasteiger partial charge in [-0.05, 0) is 0 Å². The molecular formula is O8PbSi2U. The van der Waals surface area contributed by atoms with Gasteiger partial charge in [0.2, 0.25) is 0 Å². The second-order valence-corrected chi connectivity index (χ2v) is 2.28. The van der Waals surface area contributed by atoms with Crippen LogP contribution in [0, 0.1) is 27.8 Å². The van der Waals surface area contributed by atoms with Gasteiger partial charge in [0.25, 0.3) is 0 Å². The zero-order chi connectivity index (χ0) is 9.86. The predicted molar refractivity (Wildman–Crippen MR) is 20.0 cm³/mol. The first kappa shape index (κ1) is 23.0. The Bertz CT molecular complexity index is 129. The minimum atomic E-state index is -3.63. The topological polar surface area (TPSA) is 161 Å². The summed E-state index contributed by atoms with van der Waals surface area (Å²) in [5, 5.41) is 0. The quantitative estimate of drug-likeness (QED) is 0.239. The maximum atomic E-state index is 8.58. The van der Waals surface area contributed by atoms with Crippen LogP contribution in [0.4, 0.5) is 0 Å². The van der Waals surface area contributed by atoms with Crippen molar-refractivity contribution in [3.8, 4) is 0 Å². The molecular weight excluding hydrogens is 629 g/mol. The van der Waals surface area contributed by atoms with Crippen molar-refractivity contribution in [2.45, 2.75) is 0 Å². The summed E-state index contributed by atoms with van der Waals surface area (Å²) in [5.74, 6) is 0. The molecule has 0 saturated heterocycles. The number of rotatable bonds is 0. The molecule has 0 bridgehead atoms. The Kier molecular flexibility index (Phi) is 43.4. The number of hydrogen-bond donors (Lipinski definition) is 0. The molecule has 0 heterocycles. The third-order valence-corrected chi connectivity index (χ3v) is 0. The summed E-state index contributed by atoms with van der Waals surface area (Å²) < 4.78 is 34.2. The van der Waals surface area contributed by atoms with E-state index in [1.54, 1.807) is 0 Å². The Balaban J connectivity index is -0.0000000389. The Morgan fingerprint density at radius 1 is 0.833 bits per heavy atom. The van der Waals surface area contributed by atoms with Gasteiger partial charge in [0.15, 0.2) is 0 Å². The molecule has 8 nitrogen and oxygen atoms in total. The van der Waals surface area contributed by atoms with Crippen LogP contribution in [0.15, 0.2) is 0 Å². The van der Waals surface area contributed by atoms with E-state index in [4.69, 9.17) is 32.6 Å². The predicted octanol–water partition coefficient (Wildman–Crippen LogP) is -6.37. The molecule has 0 aromatic carbocycles.